The molecule has 18 heavy (non-hydrogen) atoms. The van der Waals surface area contributed by atoms with Crippen LogP contribution in [0, 0.1) is 0 Å². The van der Waals surface area contributed by atoms with Crippen molar-refractivity contribution in [3.63, 3.8) is 0 Å². The third-order valence-electron chi connectivity index (χ3n) is 3.78. The summed E-state index contributed by atoms with van der Waals surface area (Å²) >= 11 is 0. The maximum atomic E-state index is 2.38. The van der Waals surface area contributed by atoms with Crippen LogP contribution in [0.1, 0.15) is 44.2 Å². The Morgan fingerprint density at radius 2 is 1.61 bits per heavy atom. The molecule has 1 unspecified atom stereocenters. The predicted molar refractivity (Wildman–Crippen MR) is 80.0 cm³/mol. The third-order valence-corrected chi connectivity index (χ3v) is 3.78. The van der Waals surface area contributed by atoms with Gasteiger partial charge in [0.05, 0.1) is 0 Å². The van der Waals surface area contributed by atoms with Crippen LogP contribution in [0.5, 0.6) is 0 Å². The largest absolute Gasteiger partial charge is 0.0648 e. The third kappa shape index (κ3) is 2.64. The number of aryl methyl sites for hydroxylation is 1. The molecule has 0 N–H and O–H groups in total. The van der Waals surface area contributed by atoms with Gasteiger partial charge in [-0.25, -0.2) is 0 Å². The van der Waals surface area contributed by atoms with Gasteiger partial charge in [0.25, 0.3) is 0 Å². The van der Waals surface area contributed by atoms with Crippen molar-refractivity contribution in [2.24, 2.45) is 0 Å². The summed E-state index contributed by atoms with van der Waals surface area (Å²) < 4.78 is 0. The Hall–Kier alpha value is -1.56. The van der Waals surface area contributed by atoms with Crippen molar-refractivity contribution in [2.45, 2.75) is 39.5 Å². The molecule has 0 radical (unpaired) electrons. The van der Waals surface area contributed by atoms with Gasteiger partial charge in [0.2, 0.25) is 0 Å². The second-order valence-electron chi connectivity index (χ2n) is 4.94. The Morgan fingerprint density at radius 3 is 2.22 bits per heavy atom. The molecule has 2 aromatic rings. The van der Waals surface area contributed by atoms with Gasteiger partial charge in [0.1, 0.15) is 0 Å². The maximum absolute atomic E-state index is 2.38. The molecule has 94 valence electrons. The lowest BCUT2D eigenvalue weighted by Crippen LogP contribution is -1.98. The van der Waals surface area contributed by atoms with Crippen LogP contribution in [-0.2, 0) is 6.42 Å². The topological polar surface area (TPSA) is 0 Å². The van der Waals surface area contributed by atoms with E-state index in [4.69, 9.17) is 0 Å². The molecule has 0 spiro atoms. The molecule has 0 aliphatic heterocycles. The second kappa shape index (κ2) is 5.86. The summed E-state index contributed by atoms with van der Waals surface area (Å²) in [7, 11) is 0. The molecule has 0 heteroatoms. The van der Waals surface area contributed by atoms with Crippen LogP contribution in [-0.4, -0.2) is 0 Å². The van der Waals surface area contributed by atoms with Crippen LogP contribution in [0.2, 0.25) is 0 Å². The minimum absolute atomic E-state index is 0.642. The summed E-state index contributed by atoms with van der Waals surface area (Å²) in [4.78, 5) is 0. The monoisotopic (exact) mass is 238 g/mol. The molecule has 0 aliphatic carbocycles. The van der Waals surface area contributed by atoms with Crippen LogP contribution in [0.25, 0.3) is 11.1 Å². The first kappa shape index (κ1) is 12.9. The average molecular weight is 238 g/mol. The van der Waals surface area contributed by atoms with Crippen LogP contribution >= 0.6 is 0 Å². The van der Waals surface area contributed by atoms with Crippen LogP contribution < -0.4 is 0 Å². The Labute approximate surface area is 111 Å². The highest BCUT2D eigenvalue weighted by atomic mass is 14.1. The molecule has 2 rings (SSSR count). The Balaban J connectivity index is 2.46. The summed E-state index contributed by atoms with van der Waals surface area (Å²) in [5.41, 5.74) is 5.65. The lowest BCUT2D eigenvalue weighted by Gasteiger charge is -2.16. The standard InChI is InChI=1S/C18H22/c1-4-14(3)18-13-17(12-11-15(18)5-2)16-9-7-6-8-10-16/h6-14H,4-5H2,1-3H3. The van der Waals surface area contributed by atoms with Gasteiger partial charge in [-0.05, 0) is 41.0 Å². The van der Waals surface area contributed by atoms with Gasteiger partial charge in [0.15, 0.2) is 0 Å². The fourth-order valence-electron chi connectivity index (χ4n) is 2.41. The molecular weight excluding hydrogens is 216 g/mol. The van der Waals surface area contributed by atoms with Gasteiger partial charge in [-0.15, -0.1) is 0 Å². The summed E-state index contributed by atoms with van der Waals surface area (Å²) in [6.07, 6.45) is 2.32. The smallest absolute Gasteiger partial charge is 0.0181 e. The highest BCUT2D eigenvalue weighted by molar-refractivity contribution is 5.65. The Morgan fingerprint density at radius 1 is 0.889 bits per heavy atom. The molecule has 2 aromatic carbocycles. The van der Waals surface area contributed by atoms with Crippen molar-refractivity contribution in [1.29, 1.82) is 0 Å². The van der Waals surface area contributed by atoms with E-state index in [1.165, 1.54) is 28.7 Å². The van der Waals surface area contributed by atoms with Crippen molar-refractivity contribution < 1.29 is 0 Å². The first-order chi connectivity index (χ1) is 8.76. The first-order valence-electron chi connectivity index (χ1n) is 6.94. The molecule has 0 saturated carbocycles. The second-order valence-corrected chi connectivity index (χ2v) is 4.94. The maximum Gasteiger partial charge on any atom is -0.0181 e. The van der Waals surface area contributed by atoms with E-state index in [0.717, 1.165) is 6.42 Å². The molecule has 1 atom stereocenters. The molecule has 0 aliphatic rings. The number of hydrogen-bond acceptors (Lipinski definition) is 0. The van der Waals surface area contributed by atoms with Crippen molar-refractivity contribution in [1.82, 2.24) is 0 Å². The predicted octanol–water partition coefficient (Wildman–Crippen LogP) is 5.43. The van der Waals surface area contributed by atoms with Gasteiger partial charge in [-0.3, -0.25) is 0 Å². The molecule has 0 bridgehead atoms. The van der Waals surface area contributed by atoms with E-state index in [1.54, 1.807) is 0 Å². The fraction of sp³-hybridized carbons (Fsp3) is 0.333. The van der Waals surface area contributed by atoms with Crippen molar-refractivity contribution in [3.8, 4) is 11.1 Å². The van der Waals surface area contributed by atoms with E-state index in [-0.39, 0.29) is 0 Å². The molecule has 0 aromatic heterocycles. The van der Waals surface area contributed by atoms with E-state index >= 15 is 0 Å². The van der Waals surface area contributed by atoms with E-state index in [1.807, 2.05) is 0 Å². The Bertz CT molecular complexity index is 497. The van der Waals surface area contributed by atoms with Gasteiger partial charge in [-0.2, -0.15) is 0 Å². The summed E-state index contributed by atoms with van der Waals surface area (Å²) in [6, 6.07) is 17.6. The molecular formula is C18H22. The van der Waals surface area contributed by atoms with Gasteiger partial charge in [0, 0.05) is 0 Å². The van der Waals surface area contributed by atoms with Crippen molar-refractivity contribution in [3.05, 3.63) is 59.7 Å². The first-order valence-corrected chi connectivity index (χ1v) is 6.94. The minimum atomic E-state index is 0.642. The quantitative estimate of drug-likeness (QED) is 0.666. The highest BCUT2D eigenvalue weighted by Gasteiger charge is 2.09. The number of benzene rings is 2. The zero-order valence-corrected chi connectivity index (χ0v) is 11.6. The summed E-state index contributed by atoms with van der Waals surface area (Å²) in [5, 5.41) is 0. The SMILES string of the molecule is CCc1ccc(-c2ccccc2)cc1C(C)CC. The number of hydrogen-bond donors (Lipinski definition) is 0. The van der Waals surface area contributed by atoms with Crippen LogP contribution in [0.3, 0.4) is 0 Å². The van der Waals surface area contributed by atoms with E-state index in [0.29, 0.717) is 5.92 Å². The van der Waals surface area contributed by atoms with E-state index in [9.17, 15) is 0 Å². The summed E-state index contributed by atoms with van der Waals surface area (Å²) in [6.45, 7) is 6.83. The molecule has 0 nitrogen and oxygen atoms in total. The minimum Gasteiger partial charge on any atom is -0.0648 e. The van der Waals surface area contributed by atoms with Gasteiger partial charge < -0.3 is 0 Å². The van der Waals surface area contributed by atoms with Crippen molar-refractivity contribution in [2.75, 3.05) is 0 Å². The lowest BCUT2D eigenvalue weighted by atomic mass is 9.89. The molecule has 0 saturated heterocycles. The highest BCUT2D eigenvalue weighted by Crippen LogP contribution is 2.29. The van der Waals surface area contributed by atoms with Crippen LogP contribution in [0.4, 0.5) is 0 Å². The van der Waals surface area contributed by atoms with Gasteiger partial charge in [-0.1, -0.05) is 69.3 Å². The average Bonchev–Trinajstić information content (AvgIpc) is 2.46. The van der Waals surface area contributed by atoms with E-state index < -0.39 is 0 Å². The Kier molecular flexibility index (Phi) is 4.19. The van der Waals surface area contributed by atoms with Gasteiger partial charge >= 0.3 is 0 Å². The molecule has 0 fully saturated rings. The van der Waals surface area contributed by atoms with Crippen LogP contribution in [0.15, 0.2) is 48.5 Å². The number of rotatable bonds is 4. The normalized spacial score (nSPS) is 12.4. The molecule has 0 heterocycles. The zero-order chi connectivity index (χ0) is 13.0. The molecule has 0 amide bonds. The summed E-state index contributed by atoms with van der Waals surface area (Å²) in [5.74, 6) is 0.642. The zero-order valence-electron chi connectivity index (χ0n) is 11.6. The fourth-order valence-corrected chi connectivity index (χ4v) is 2.41. The van der Waals surface area contributed by atoms with Crippen molar-refractivity contribution >= 4 is 0 Å². The lowest BCUT2D eigenvalue weighted by molar-refractivity contribution is 0.724. The van der Waals surface area contributed by atoms with E-state index in [2.05, 4.69) is 69.3 Å².